The Morgan fingerprint density at radius 3 is 2.35 bits per heavy atom. The van der Waals surface area contributed by atoms with Gasteiger partial charge >= 0.3 is 0 Å². The van der Waals surface area contributed by atoms with E-state index in [4.69, 9.17) is 0 Å². The maximum Gasteiger partial charge on any atom is 0.244 e. The van der Waals surface area contributed by atoms with E-state index in [0.29, 0.717) is 37.6 Å². The number of β-amino-alcohol motifs (C(OH)–C–C–N with tert-alkyl or cyclic N) is 1. The van der Waals surface area contributed by atoms with Crippen LogP contribution in [0.1, 0.15) is 16.7 Å². The molecule has 1 N–H and O–H groups in total. The zero-order valence-corrected chi connectivity index (χ0v) is 13.8. The van der Waals surface area contributed by atoms with Crippen LogP contribution in [0.5, 0.6) is 0 Å². The fourth-order valence-electron chi connectivity index (χ4n) is 2.53. The molecular weight excluding hydrogens is 296 g/mol. The molecule has 5 nitrogen and oxygen atoms in total. The minimum atomic E-state index is -3.37. The molecule has 2 rings (SSSR count). The molecule has 114 valence electrons. The lowest BCUT2D eigenvalue weighted by atomic mass is 10.3. The number of aliphatic hydroxyl groups excluding tert-OH is 1. The molecule has 0 unspecified atom stereocenters. The Morgan fingerprint density at radius 1 is 1.30 bits per heavy atom. The van der Waals surface area contributed by atoms with Crippen molar-refractivity contribution in [2.24, 2.45) is 0 Å². The molecule has 0 aromatic carbocycles. The molecule has 0 aliphatic carbocycles. The number of nitrogens with zero attached hydrogens (tertiary/aromatic N) is 2. The molecule has 20 heavy (non-hydrogen) atoms. The van der Waals surface area contributed by atoms with Crippen molar-refractivity contribution in [2.75, 3.05) is 32.7 Å². The molecule has 2 heterocycles. The molecule has 0 radical (unpaired) electrons. The van der Waals surface area contributed by atoms with Gasteiger partial charge in [-0.2, -0.15) is 4.31 Å². The average Bonchev–Trinajstić information content (AvgIpc) is 2.69. The summed E-state index contributed by atoms with van der Waals surface area (Å²) in [6.07, 6.45) is -0.375. The lowest BCUT2D eigenvalue weighted by molar-refractivity contribution is 0.103. The van der Waals surface area contributed by atoms with Crippen LogP contribution in [-0.2, 0) is 10.0 Å². The van der Waals surface area contributed by atoms with Crippen molar-refractivity contribution in [3.05, 3.63) is 15.8 Å². The van der Waals surface area contributed by atoms with E-state index >= 15 is 0 Å². The number of aliphatic hydroxyl groups is 1. The molecule has 1 aliphatic rings. The first-order valence-corrected chi connectivity index (χ1v) is 9.04. The summed E-state index contributed by atoms with van der Waals surface area (Å²) in [4.78, 5) is 4.43. The van der Waals surface area contributed by atoms with Crippen LogP contribution >= 0.6 is 11.3 Å². The van der Waals surface area contributed by atoms with E-state index in [-0.39, 0.29) is 6.10 Å². The first kappa shape index (κ1) is 15.9. The Bertz CT molecular complexity index is 558. The van der Waals surface area contributed by atoms with Gasteiger partial charge in [0.1, 0.15) is 0 Å². The van der Waals surface area contributed by atoms with Gasteiger partial charge in [-0.15, -0.1) is 11.3 Å². The van der Waals surface area contributed by atoms with Gasteiger partial charge in [-0.1, -0.05) is 0 Å². The largest absolute Gasteiger partial charge is 0.392 e. The normalized spacial score (nSPS) is 20.2. The lowest BCUT2D eigenvalue weighted by Gasteiger charge is -2.34. The highest BCUT2D eigenvalue weighted by atomic mass is 32.2. The zero-order valence-electron chi connectivity index (χ0n) is 12.2. The van der Waals surface area contributed by atoms with Gasteiger partial charge in [0, 0.05) is 42.5 Å². The van der Waals surface area contributed by atoms with Crippen molar-refractivity contribution in [3.63, 3.8) is 0 Å². The van der Waals surface area contributed by atoms with Crippen molar-refractivity contribution in [1.82, 2.24) is 9.21 Å². The Hall–Kier alpha value is -0.470. The number of hydrogen-bond donors (Lipinski definition) is 1. The maximum atomic E-state index is 12.6. The van der Waals surface area contributed by atoms with E-state index < -0.39 is 10.0 Å². The van der Waals surface area contributed by atoms with Gasteiger partial charge in [-0.05, 0) is 26.8 Å². The highest BCUT2D eigenvalue weighted by Crippen LogP contribution is 2.28. The van der Waals surface area contributed by atoms with Crippen molar-refractivity contribution in [2.45, 2.75) is 31.8 Å². The van der Waals surface area contributed by atoms with Gasteiger partial charge in [-0.25, -0.2) is 8.42 Å². The summed E-state index contributed by atoms with van der Waals surface area (Å²) in [6, 6.07) is 1.76. The number of hydrogen-bond acceptors (Lipinski definition) is 5. The van der Waals surface area contributed by atoms with Crippen LogP contribution in [0.4, 0.5) is 0 Å². The summed E-state index contributed by atoms with van der Waals surface area (Å²) in [6.45, 7) is 8.46. The topological polar surface area (TPSA) is 60.9 Å². The number of thiophene rings is 1. The quantitative estimate of drug-likeness (QED) is 0.901. The minimum absolute atomic E-state index is 0.375. The van der Waals surface area contributed by atoms with Crippen molar-refractivity contribution in [3.8, 4) is 0 Å². The van der Waals surface area contributed by atoms with E-state index in [2.05, 4.69) is 4.90 Å². The van der Waals surface area contributed by atoms with Crippen LogP contribution in [0.3, 0.4) is 0 Å². The van der Waals surface area contributed by atoms with Crippen LogP contribution in [0.2, 0.25) is 0 Å². The number of aryl methyl sites for hydroxylation is 2. The molecule has 0 saturated carbocycles. The summed E-state index contributed by atoms with van der Waals surface area (Å²) in [5.41, 5.74) is 0. The van der Waals surface area contributed by atoms with E-state index in [9.17, 15) is 13.5 Å². The second-order valence-corrected chi connectivity index (χ2v) is 8.70. The molecule has 0 bridgehead atoms. The molecule has 1 fully saturated rings. The van der Waals surface area contributed by atoms with Crippen LogP contribution in [-0.4, -0.2) is 61.6 Å². The Kier molecular flexibility index (Phi) is 4.86. The van der Waals surface area contributed by atoms with Crippen LogP contribution in [0.15, 0.2) is 11.0 Å². The third-order valence-corrected chi connectivity index (χ3v) is 6.59. The third kappa shape index (κ3) is 3.40. The molecule has 0 amide bonds. The predicted octanol–water partition coefficient (Wildman–Crippen LogP) is 1.05. The summed E-state index contributed by atoms with van der Waals surface area (Å²) in [5, 5.41) is 9.38. The highest BCUT2D eigenvalue weighted by Gasteiger charge is 2.30. The monoisotopic (exact) mass is 318 g/mol. The molecule has 7 heteroatoms. The van der Waals surface area contributed by atoms with E-state index in [1.54, 1.807) is 17.3 Å². The second kappa shape index (κ2) is 6.11. The van der Waals surface area contributed by atoms with Crippen molar-refractivity contribution in [1.29, 1.82) is 0 Å². The van der Waals surface area contributed by atoms with E-state index in [1.165, 1.54) is 11.3 Å². The summed E-state index contributed by atoms with van der Waals surface area (Å²) in [5.74, 6) is 0. The van der Waals surface area contributed by atoms with Gasteiger partial charge < -0.3 is 5.11 Å². The Morgan fingerprint density at radius 2 is 1.90 bits per heavy atom. The highest BCUT2D eigenvalue weighted by molar-refractivity contribution is 7.89. The van der Waals surface area contributed by atoms with E-state index in [0.717, 1.165) is 9.75 Å². The molecule has 1 saturated heterocycles. The smallest absolute Gasteiger partial charge is 0.244 e. The summed E-state index contributed by atoms with van der Waals surface area (Å²) < 4.78 is 26.8. The second-order valence-electron chi connectivity index (χ2n) is 5.33. The predicted molar refractivity (Wildman–Crippen MR) is 80.7 cm³/mol. The van der Waals surface area contributed by atoms with Crippen molar-refractivity contribution < 1.29 is 13.5 Å². The molecule has 1 aromatic rings. The van der Waals surface area contributed by atoms with Gasteiger partial charge in [0.05, 0.1) is 11.0 Å². The van der Waals surface area contributed by atoms with Crippen LogP contribution in [0, 0.1) is 13.8 Å². The number of rotatable bonds is 4. The fraction of sp³-hybridized carbons (Fsp3) is 0.692. The first-order valence-electron chi connectivity index (χ1n) is 6.78. The van der Waals surface area contributed by atoms with Gasteiger partial charge in [-0.3, -0.25) is 4.90 Å². The molecule has 0 spiro atoms. The molecule has 1 atom stereocenters. The fourth-order valence-corrected chi connectivity index (χ4v) is 5.47. The average molecular weight is 318 g/mol. The Balaban J connectivity index is 2.08. The zero-order chi connectivity index (χ0) is 14.9. The number of piperazine rings is 1. The van der Waals surface area contributed by atoms with Gasteiger partial charge in [0.25, 0.3) is 0 Å². The van der Waals surface area contributed by atoms with E-state index in [1.807, 2.05) is 13.8 Å². The SMILES string of the molecule is Cc1cc(S(=O)(=O)N2CCN(C[C@@H](C)O)CC2)c(C)s1. The van der Waals surface area contributed by atoms with Gasteiger partial charge in [0.15, 0.2) is 0 Å². The Labute approximate surface area is 124 Å². The maximum absolute atomic E-state index is 12.6. The third-order valence-electron chi connectivity index (χ3n) is 3.47. The lowest BCUT2D eigenvalue weighted by Crippen LogP contribution is -2.50. The molecular formula is C13H22N2O3S2. The van der Waals surface area contributed by atoms with Crippen LogP contribution < -0.4 is 0 Å². The molecule has 1 aliphatic heterocycles. The molecule has 1 aromatic heterocycles. The van der Waals surface area contributed by atoms with Crippen molar-refractivity contribution >= 4 is 21.4 Å². The van der Waals surface area contributed by atoms with Gasteiger partial charge in [0.2, 0.25) is 10.0 Å². The first-order chi connectivity index (χ1) is 9.30. The number of sulfonamides is 1. The minimum Gasteiger partial charge on any atom is -0.392 e. The van der Waals surface area contributed by atoms with Crippen LogP contribution in [0.25, 0.3) is 0 Å². The summed E-state index contributed by atoms with van der Waals surface area (Å²) in [7, 11) is -3.37. The standard InChI is InChI=1S/C13H22N2O3S2/c1-10(16)9-14-4-6-15(7-5-14)20(17,18)13-8-11(2)19-12(13)3/h8,10,16H,4-7,9H2,1-3H3/t10-/m1/s1. The summed E-state index contributed by atoms with van der Waals surface area (Å²) >= 11 is 1.52.